The van der Waals surface area contributed by atoms with Crippen LogP contribution in [-0.2, 0) is 22.6 Å². The molecule has 196 valence electrons. The number of anilines is 1. The molecule has 1 aliphatic heterocycles. The van der Waals surface area contributed by atoms with E-state index in [4.69, 9.17) is 9.15 Å². The summed E-state index contributed by atoms with van der Waals surface area (Å²) in [7, 11) is 0. The van der Waals surface area contributed by atoms with E-state index in [2.05, 4.69) is 10.2 Å². The predicted octanol–water partition coefficient (Wildman–Crippen LogP) is 3.95. The third kappa shape index (κ3) is 7.86. The van der Waals surface area contributed by atoms with E-state index < -0.39 is 17.7 Å². The molecule has 0 atom stereocenters. The molecule has 0 unspecified atom stereocenters. The maximum absolute atomic E-state index is 13.7. The van der Waals surface area contributed by atoms with E-state index in [0.717, 1.165) is 30.8 Å². The number of rotatable bonds is 10. The molecular formula is C27H30F2N4O4. The SMILES string of the molecule is O=C(CN(CCN1CCOCC1)C(=O)Nc1ccc(F)c(F)c1)N(Cc1ccccc1)Cc1ccco1. The fourth-order valence-corrected chi connectivity index (χ4v) is 4.01. The van der Waals surface area contributed by atoms with E-state index in [1.165, 1.54) is 11.0 Å². The molecule has 1 N–H and O–H groups in total. The Morgan fingerprint density at radius 2 is 1.70 bits per heavy atom. The third-order valence-electron chi connectivity index (χ3n) is 6.07. The molecule has 3 aromatic rings. The number of morpholine rings is 1. The molecule has 1 fully saturated rings. The second kappa shape index (κ2) is 13.0. The van der Waals surface area contributed by atoms with Gasteiger partial charge in [-0.05, 0) is 29.8 Å². The fraction of sp³-hybridized carbons (Fsp3) is 0.333. The van der Waals surface area contributed by atoms with Gasteiger partial charge in [-0.3, -0.25) is 9.69 Å². The average molecular weight is 513 g/mol. The van der Waals surface area contributed by atoms with Gasteiger partial charge in [0, 0.05) is 44.5 Å². The van der Waals surface area contributed by atoms with Crippen LogP contribution in [0.5, 0.6) is 0 Å². The second-order valence-electron chi connectivity index (χ2n) is 8.75. The first-order chi connectivity index (χ1) is 18.0. The van der Waals surface area contributed by atoms with Crippen molar-refractivity contribution in [2.45, 2.75) is 13.1 Å². The van der Waals surface area contributed by atoms with E-state index in [1.54, 1.807) is 23.3 Å². The lowest BCUT2D eigenvalue weighted by Crippen LogP contribution is -2.48. The number of nitrogens with one attached hydrogen (secondary N) is 1. The standard InChI is InChI=1S/C27H30F2N4O4/c28-24-9-8-22(17-25(24)29)30-27(35)32(11-10-31-12-15-36-16-13-31)20-26(34)33(19-23-7-4-14-37-23)18-21-5-2-1-3-6-21/h1-9,14,17H,10-13,15-16,18-20H2,(H,30,35). The normalized spacial score (nSPS) is 13.8. The zero-order valence-electron chi connectivity index (χ0n) is 20.4. The summed E-state index contributed by atoms with van der Waals surface area (Å²) in [5.74, 6) is -1.73. The first kappa shape index (κ1) is 26.3. The van der Waals surface area contributed by atoms with E-state index in [1.807, 2.05) is 30.3 Å². The lowest BCUT2D eigenvalue weighted by atomic mass is 10.2. The fourth-order valence-electron chi connectivity index (χ4n) is 4.01. The number of hydrogen-bond acceptors (Lipinski definition) is 5. The second-order valence-corrected chi connectivity index (χ2v) is 8.75. The number of benzene rings is 2. The van der Waals surface area contributed by atoms with Crippen molar-refractivity contribution in [3.05, 3.63) is 89.9 Å². The molecule has 8 nitrogen and oxygen atoms in total. The molecule has 10 heteroatoms. The highest BCUT2D eigenvalue weighted by atomic mass is 19.2. The van der Waals surface area contributed by atoms with E-state index in [-0.39, 0.29) is 31.2 Å². The van der Waals surface area contributed by atoms with Gasteiger partial charge in [0.05, 0.1) is 26.0 Å². The van der Waals surface area contributed by atoms with Crippen molar-refractivity contribution in [3.63, 3.8) is 0 Å². The van der Waals surface area contributed by atoms with E-state index in [0.29, 0.717) is 32.1 Å². The molecule has 0 saturated carbocycles. The van der Waals surface area contributed by atoms with Crippen LogP contribution >= 0.6 is 0 Å². The van der Waals surface area contributed by atoms with Crippen molar-refractivity contribution < 1.29 is 27.5 Å². The van der Waals surface area contributed by atoms with Crippen LogP contribution in [0.2, 0.25) is 0 Å². The molecule has 0 aliphatic carbocycles. The van der Waals surface area contributed by atoms with Gasteiger partial charge in [0.25, 0.3) is 0 Å². The van der Waals surface area contributed by atoms with Crippen LogP contribution in [0.25, 0.3) is 0 Å². The Morgan fingerprint density at radius 1 is 0.919 bits per heavy atom. The number of urea groups is 1. The summed E-state index contributed by atoms with van der Waals surface area (Å²) in [4.78, 5) is 31.9. The first-order valence-electron chi connectivity index (χ1n) is 12.1. The third-order valence-corrected chi connectivity index (χ3v) is 6.07. The summed E-state index contributed by atoms with van der Waals surface area (Å²) < 4.78 is 37.9. The molecule has 2 heterocycles. The number of nitrogens with zero attached hydrogens (tertiary/aromatic N) is 3. The minimum absolute atomic E-state index is 0.101. The zero-order chi connectivity index (χ0) is 26.0. The van der Waals surface area contributed by atoms with E-state index >= 15 is 0 Å². The summed E-state index contributed by atoms with van der Waals surface area (Å²) in [6.07, 6.45) is 1.55. The van der Waals surface area contributed by atoms with Gasteiger partial charge in [-0.15, -0.1) is 0 Å². The van der Waals surface area contributed by atoms with Gasteiger partial charge < -0.3 is 24.3 Å². The van der Waals surface area contributed by atoms with Crippen molar-refractivity contribution >= 4 is 17.6 Å². The smallest absolute Gasteiger partial charge is 0.322 e. The Labute approximate surface area is 214 Å². The summed E-state index contributed by atoms with van der Waals surface area (Å²) in [5.41, 5.74) is 1.04. The van der Waals surface area contributed by atoms with Crippen molar-refractivity contribution in [1.29, 1.82) is 0 Å². The quantitative estimate of drug-likeness (QED) is 0.445. The number of carbonyl (C=O) groups is 2. The largest absolute Gasteiger partial charge is 0.467 e. The predicted molar refractivity (Wildman–Crippen MR) is 134 cm³/mol. The Hall–Kier alpha value is -3.76. The lowest BCUT2D eigenvalue weighted by Gasteiger charge is -2.31. The monoisotopic (exact) mass is 512 g/mol. The molecule has 3 amide bonds. The number of carbonyl (C=O) groups excluding carboxylic acids is 2. The van der Waals surface area contributed by atoms with Crippen LogP contribution in [0.4, 0.5) is 19.3 Å². The van der Waals surface area contributed by atoms with Gasteiger partial charge in [-0.1, -0.05) is 30.3 Å². The van der Waals surface area contributed by atoms with Gasteiger partial charge in [-0.2, -0.15) is 0 Å². The Morgan fingerprint density at radius 3 is 2.41 bits per heavy atom. The molecule has 1 saturated heterocycles. The van der Waals surface area contributed by atoms with Crippen molar-refractivity contribution in [2.75, 3.05) is 51.3 Å². The lowest BCUT2D eigenvalue weighted by molar-refractivity contribution is -0.133. The molecule has 0 radical (unpaired) electrons. The number of hydrogen-bond donors (Lipinski definition) is 1. The van der Waals surface area contributed by atoms with Gasteiger partial charge in [0.1, 0.15) is 12.3 Å². The van der Waals surface area contributed by atoms with Gasteiger partial charge >= 0.3 is 6.03 Å². The highest BCUT2D eigenvalue weighted by molar-refractivity contribution is 5.92. The minimum Gasteiger partial charge on any atom is -0.467 e. The van der Waals surface area contributed by atoms with Gasteiger partial charge in [0.2, 0.25) is 5.91 Å². The van der Waals surface area contributed by atoms with Crippen molar-refractivity contribution in [3.8, 4) is 0 Å². The summed E-state index contributed by atoms with van der Waals surface area (Å²) >= 11 is 0. The maximum atomic E-state index is 13.7. The molecule has 0 bridgehead atoms. The molecule has 1 aromatic heterocycles. The summed E-state index contributed by atoms with van der Waals surface area (Å²) in [6, 6.07) is 15.6. The van der Waals surface area contributed by atoms with Crippen LogP contribution in [0.1, 0.15) is 11.3 Å². The maximum Gasteiger partial charge on any atom is 0.322 e. The minimum atomic E-state index is -1.07. The van der Waals surface area contributed by atoms with Crippen LogP contribution in [0, 0.1) is 11.6 Å². The Bertz CT molecular complexity index is 1150. The number of halogens is 2. The molecule has 0 spiro atoms. The van der Waals surface area contributed by atoms with Gasteiger partial charge in [-0.25, -0.2) is 13.6 Å². The van der Waals surface area contributed by atoms with Crippen molar-refractivity contribution in [1.82, 2.24) is 14.7 Å². The average Bonchev–Trinajstić information content (AvgIpc) is 3.42. The van der Waals surface area contributed by atoms with Gasteiger partial charge in [0.15, 0.2) is 11.6 Å². The van der Waals surface area contributed by atoms with Crippen LogP contribution in [0.3, 0.4) is 0 Å². The van der Waals surface area contributed by atoms with Crippen LogP contribution < -0.4 is 5.32 Å². The first-order valence-corrected chi connectivity index (χ1v) is 12.1. The highest BCUT2D eigenvalue weighted by Crippen LogP contribution is 2.15. The Balaban J connectivity index is 1.49. The molecular weight excluding hydrogens is 482 g/mol. The van der Waals surface area contributed by atoms with Crippen LogP contribution in [0.15, 0.2) is 71.3 Å². The number of amides is 3. The molecule has 1 aliphatic rings. The Kier molecular flexibility index (Phi) is 9.23. The molecule has 4 rings (SSSR count). The highest BCUT2D eigenvalue weighted by Gasteiger charge is 2.24. The summed E-state index contributed by atoms with van der Waals surface area (Å²) in [6.45, 7) is 3.84. The van der Waals surface area contributed by atoms with Crippen LogP contribution in [-0.4, -0.2) is 72.6 Å². The van der Waals surface area contributed by atoms with Crippen molar-refractivity contribution in [2.24, 2.45) is 0 Å². The summed E-state index contributed by atoms with van der Waals surface area (Å²) in [5, 5.41) is 2.59. The molecule has 37 heavy (non-hydrogen) atoms. The molecule has 2 aromatic carbocycles. The zero-order valence-corrected chi connectivity index (χ0v) is 20.4. The topological polar surface area (TPSA) is 78.3 Å². The number of furan rings is 1. The van der Waals surface area contributed by atoms with E-state index in [9.17, 15) is 18.4 Å². The number of ether oxygens (including phenoxy) is 1.